The van der Waals surface area contributed by atoms with E-state index in [9.17, 15) is 0 Å². The van der Waals surface area contributed by atoms with Crippen LogP contribution in [-0.4, -0.2) is 14.4 Å². The lowest BCUT2D eigenvalue weighted by Gasteiger charge is -2.48. The van der Waals surface area contributed by atoms with Crippen molar-refractivity contribution in [3.8, 4) is 0 Å². The third kappa shape index (κ3) is 2.53. The van der Waals surface area contributed by atoms with E-state index in [1.807, 2.05) is 6.08 Å². The maximum Gasteiger partial charge on any atom is 0.204 e. The van der Waals surface area contributed by atoms with Crippen molar-refractivity contribution in [3.63, 3.8) is 0 Å². The lowest BCUT2D eigenvalue weighted by Crippen LogP contribution is -2.52. The summed E-state index contributed by atoms with van der Waals surface area (Å²) in [5.41, 5.74) is 0. The molecule has 2 heteroatoms. The van der Waals surface area contributed by atoms with Gasteiger partial charge in [0, 0.05) is 0 Å². The minimum Gasteiger partial charge on any atom is -0.412 e. The summed E-state index contributed by atoms with van der Waals surface area (Å²) in [5.74, 6) is 0.679. The summed E-state index contributed by atoms with van der Waals surface area (Å²) in [6.07, 6.45) is 3.41. The zero-order chi connectivity index (χ0) is 13.5. The third-order valence-corrected chi connectivity index (χ3v) is 11.2. The standard InChI is InChI=1S/C15H30OSi/c1-9-10-13-12(2)11-17(16-13,14(3,4)5)15(6,7)8/h9,12-13H,1,10-11H2,2-8H3/t12-,13-/m0/s1. The van der Waals surface area contributed by atoms with E-state index in [1.54, 1.807) is 0 Å². The summed E-state index contributed by atoms with van der Waals surface area (Å²) < 4.78 is 6.70. The zero-order valence-corrected chi connectivity index (χ0v) is 13.8. The maximum atomic E-state index is 6.70. The molecule has 0 spiro atoms. The molecule has 1 saturated heterocycles. The fourth-order valence-corrected chi connectivity index (χ4v) is 9.84. The van der Waals surface area contributed by atoms with Crippen LogP contribution in [0.2, 0.25) is 16.1 Å². The number of rotatable bonds is 2. The molecule has 0 radical (unpaired) electrons. The number of hydrogen-bond acceptors (Lipinski definition) is 1. The van der Waals surface area contributed by atoms with E-state index in [2.05, 4.69) is 55.0 Å². The van der Waals surface area contributed by atoms with Crippen LogP contribution >= 0.6 is 0 Å². The highest BCUT2D eigenvalue weighted by molar-refractivity contribution is 6.80. The molecule has 0 saturated carbocycles. The van der Waals surface area contributed by atoms with Crippen LogP contribution in [0.15, 0.2) is 12.7 Å². The summed E-state index contributed by atoms with van der Waals surface area (Å²) in [6.45, 7) is 20.4. The summed E-state index contributed by atoms with van der Waals surface area (Å²) in [5, 5.41) is 0.602. The second-order valence-electron chi connectivity index (χ2n) is 7.69. The molecule has 1 rings (SSSR count). The van der Waals surface area contributed by atoms with Gasteiger partial charge < -0.3 is 4.43 Å². The fraction of sp³-hybridized carbons (Fsp3) is 0.867. The molecule has 1 aliphatic rings. The highest BCUT2D eigenvalue weighted by atomic mass is 28.4. The van der Waals surface area contributed by atoms with Crippen LogP contribution in [0.4, 0.5) is 0 Å². The molecule has 0 N–H and O–H groups in total. The van der Waals surface area contributed by atoms with Gasteiger partial charge in [0.15, 0.2) is 0 Å². The van der Waals surface area contributed by atoms with Gasteiger partial charge in [-0.25, -0.2) is 0 Å². The van der Waals surface area contributed by atoms with Crippen molar-refractivity contribution in [1.82, 2.24) is 0 Å². The summed E-state index contributed by atoms with van der Waals surface area (Å²) in [6, 6.07) is 1.29. The van der Waals surface area contributed by atoms with E-state index in [-0.39, 0.29) is 0 Å². The molecule has 0 unspecified atom stereocenters. The van der Waals surface area contributed by atoms with Crippen molar-refractivity contribution >= 4 is 8.32 Å². The van der Waals surface area contributed by atoms with Gasteiger partial charge in [-0.2, -0.15) is 0 Å². The Kier molecular flexibility index (Phi) is 4.00. The molecule has 0 aromatic heterocycles. The van der Waals surface area contributed by atoms with Gasteiger partial charge in [0.2, 0.25) is 8.32 Å². The second kappa shape index (κ2) is 4.54. The molecular weight excluding hydrogens is 224 g/mol. The predicted molar refractivity (Wildman–Crippen MR) is 78.8 cm³/mol. The Morgan fingerprint density at radius 2 is 1.65 bits per heavy atom. The Morgan fingerprint density at radius 3 is 1.94 bits per heavy atom. The van der Waals surface area contributed by atoms with Crippen LogP contribution in [0.1, 0.15) is 54.9 Å². The van der Waals surface area contributed by atoms with Gasteiger partial charge in [-0.3, -0.25) is 0 Å². The minimum absolute atomic E-state index is 0.301. The van der Waals surface area contributed by atoms with Crippen LogP contribution in [-0.2, 0) is 4.43 Å². The van der Waals surface area contributed by atoms with E-state index in [1.165, 1.54) is 6.04 Å². The summed E-state index contributed by atoms with van der Waals surface area (Å²) in [7, 11) is -1.75. The minimum atomic E-state index is -1.75. The van der Waals surface area contributed by atoms with Crippen LogP contribution in [0, 0.1) is 5.92 Å². The molecule has 1 aliphatic heterocycles. The highest BCUT2D eigenvalue weighted by Gasteiger charge is 2.60. The van der Waals surface area contributed by atoms with Gasteiger partial charge >= 0.3 is 0 Å². The Balaban J connectivity index is 3.09. The third-order valence-electron chi connectivity index (χ3n) is 4.42. The molecule has 0 amide bonds. The van der Waals surface area contributed by atoms with E-state index >= 15 is 0 Å². The monoisotopic (exact) mass is 254 g/mol. The molecule has 17 heavy (non-hydrogen) atoms. The maximum absolute atomic E-state index is 6.70. The van der Waals surface area contributed by atoms with Gasteiger partial charge in [-0.15, -0.1) is 6.58 Å². The SMILES string of the molecule is C=CC[C@@H]1O[Si](C(C)(C)C)(C(C)(C)C)C[C@@H]1C. The first kappa shape index (κ1) is 15.0. The van der Waals surface area contributed by atoms with Gasteiger partial charge in [-0.05, 0) is 28.5 Å². The van der Waals surface area contributed by atoms with Gasteiger partial charge in [0.25, 0.3) is 0 Å². The van der Waals surface area contributed by atoms with Crippen molar-refractivity contribution in [2.75, 3.05) is 0 Å². The van der Waals surface area contributed by atoms with Crippen molar-refractivity contribution in [3.05, 3.63) is 12.7 Å². The molecule has 0 aromatic rings. The Labute approximate surface area is 109 Å². The van der Waals surface area contributed by atoms with Crippen LogP contribution < -0.4 is 0 Å². The Morgan fingerprint density at radius 1 is 1.18 bits per heavy atom. The molecule has 0 aromatic carbocycles. The van der Waals surface area contributed by atoms with Crippen LogP contribution in [0.5, 0.6) is 0 Å². The molecule has 1 nitrogen and oxygen atoms in total. The molecule has 1 heterocycles. The Hall–Kier alpha value is -0.0831. The smallest absolute Gasteiger partial charge is 0.204 e. The van der Waals surface area contributed by atoms with Gasteiger partial charge in [0.05, 0.1) is 6.10 Å². The van der Waals surface area contributed by atoms with Crippen molar-refractivity contribution in [2.24, 2.45) is 5.92 Å². The predicted octanol–water partition coefficient (Wildman–Crippen LogP) is 5.14. The van der Waals surface area contributed by atoms with Crippen molar-refractivity contribution in [1.29, 1.82) is 0 Å². The first-order valence-electron chi connectivity index (χ1n) is 6.84. The van der Waals surface area contributed by atoms with Crippen LogP contribution in [0.3, 0.4) is 0 Å². The van der Waals surface area contributed by atoms with Gasteiger partial charge in [-0.1, -0.05) is 54.5 Å². The normalized spacial score (nSPS) is 29.4. The van der Waals surface area contributed by atoms with E-state index < -0.39 is 8.32 Å². The topological polar surface area (TPSA) is 9.23 Å². The quantitative estimate of drug-likeness (QED) is 0.489. The molecule has 1 fully saturated rings. The molecule has 100 valence electrons. The first-order valence-corrected chi connectivity index (χ1v) is 8.95. The van der Waals surface area contributed by atoms with Gasteiger partial charge in [0.1, 0.15) is 0 Å². The highest BCUT2D eigenvalue weighted by Crippen LogP contribution is 2.59. The van der Waals surface area contributed by atoms with E-state index in [0.717, 1.165) is 6.42 Å². The number of hydrogen-bond donors (Lipinski definition) is 0. The van der Waals surface area contributed by atoms with E-state index in [4.69, 9.17) is 4.43 Å². The molecule has 0 aliphatic carbocycles. The largest absolute Gasteiger partial charge is 0.412 e. The van der Waals surface area contributed by atoms with Crippen molar-refractivity contribution < 1.29 is 4.43 Å². The van der Waals surface area contributed by atoms with E-state index in [0.29, 0.717) is 22.1 Å². The zero-order valence-electron chi connectivity index (χ0n) is 12.8. The van der Waals surface area contributed by atoms with Crippen LogP contribution in [0.25, 0.3) is 0 Å². The molecule has 0 bridgehead atoms. The summed E-state index contributed by atoms with van der Waals surface area (Å²) in [4.78, 5) is 0. The molecule has 2 atom stereocenters. The Bertz CT molecular complexity index is 268. The lowest BCUT2D eigenvalue weighted by atomic mass is 10.0. The molecular formula is C15H30OSi. The van der Waals surface area contributed by atoms with Crippen molar-refractivity contribution in [2.45, 2.75) is 77.1 Å². The average molecular weight is 254 g/mol. The average Bonchev–Trinajstić information content (AvgIpc) is 2.43. The summed E-state index contributed by atoms with van der Waals surface area (Å²) >= 11 is 0. The first-order chi connectivity index (χ1) is 7.55. The second-order valence-corrected chi connectivity index (χ2v) is 13.0. The fourth-order valence-electron chi connectivity index (χ4n) is 3.54. The lowest BCUT2D eigenvalue weighted by molar-refractivity contribution is 0.170.